The third kappa shape index (κ3) is 4.45. The van der Waals surface area contributed by atoms with E-state index in [2.05, 4.69) is 10.6 Å². The number of amides is 3. The number of carboxylic acids is 1. The van der Waals surface area contributed by atoms with E-state index in [-0.39, 0.29) is 24.7 Å². The van der Waals surface area contributed by atoms with Crippen LogP contribution in [0.4, 0.5) is 5.69 Å². The molecule has 1 fully saturated rings. The average Bonchev–Trinajstić information content (AvgIpc) is 2.94. The van der Waals surface area contributed by atoms with Gasteiger partial charge in [0.15, 0.2) is 0 Å². The van der Waals surface area contributed by atoms with Gasteiger partial charge < -0.3 is 15.3 Å². The molecule has 2 aliphatic rings. The fourth-order valence-electron chi connectivity index (χ4n) is 3.48. The number of carbonyl (C=O) groups is 4. The molecule has 1 aromatic carbocycles. The Morgan fingerprint density at radius 2 is 2.04 bits per heavy atom. The van der Waals surface area contributed by atoms with E-state index < -0.39 is 17.9 Å². The number of fused-ring (bicyclic) bond motifs is 1. The van der Waals surface area contributed by atoms with Gasteiger partial charge in [-0.1, -0.05) is 12.5 Å². The Morgan fingerprint density at radius 1 is 1.22 bits per heavy atom. The summed E-state index contributed by atoms with van der Waals surface area (Å²) in [5.74, 6) is -1.67. The minimum absolute atomic E-state index is 0.184. The van der Waals surface area contributed by atoms with E-state index in [4.69, 9.17) is 5.11 Å². The predicted molar refractivity (Wildman–Crippen MR) is 97.1 cm³/mol. The van der Waals surface area contributed by atoms with Crippen molar-refractivity contribution in [3.05, 3.63) is 29.3 Å². The fraction of sp³-hybridized carbons (Fsp3) is 0.474. The average molecular weight is 373 g/mol. The van der Waals surface area contributed by atoms with Crippen LogP contribution in [-0.2, 0) is 20.9 Å². The van der Waals surface area contributed by atoms with Crippen LogP contribution < -0.4 is 10.6 Å². The van der Waals surface area contributed by atoms with Crippen LogP contribution in [0.2, 0.25) is 0 Å². The SMILES string of the molecule is O=C(O)CCCCCNc1ccc2c(c1)C(=O)N(C1CCC(=O)NC1=O)C2. The highest BCUT2D eigenvalue weighted by Gasteiger charge is 2.39. The first-order chi connectivity index (χ1) is 13.0. The third-order valence-electron chi connectivity index (χ3n) is 4.92. The number of nitrogens with one attached hydrogen (secondary N) is 2. The van der Waals surface area contributed by atoms with Crippen LogP contribution in [0.3, 0.4) is 0 Å². The minimum Gasteiger partial charge on any atom is -0.481 e. The zero-order valence-corrected chi connectivity index (χ0v) is 15.0. The van der Waals surface area contributed by atoms with Crippen LogP contribution in [0.25, 0.3) is 0 Å². The largest absolute Gasteiger partial charge is 0.481 e. The lowest BCUT2D eigenvalue weighted by Gasteiger charge is -2.29. The van der Waals surface area contributed by atoms with Crippen molar-refractivity contribution in [3.8, 4) is 0 Å². The predicted octanol–water partition coefficient (Wildman–Crippen LogP) is 1.50. The quantitative estimate of drug-likeness (QED) is 0.470. The van der Waals surface area contributed by atoms with Crippen LogP contribution in [-0.4, -0.2) is 46.3 Å². The van der Waals surface area contributed by atoms with Crippen molar-refractivity contribution in [2.24, 2.45) is 0 Å². The second-order valence-corrected chi connectivity index (χ2v) is 6.90. The number of carboxylic acid groups (broad SMARTS) is 1. The molecule has 1 aromatic rings. The molecule has 0 saturated carbocycles. The highest BCUT2D eigenvalue weighted by molar-refractivity contribution is 6.05. The number of rotatable bonds is 8. The van der Waals surface area contributed by atoms with Gasteiger partial charge in [0, 0.05) is 37.2 Å². The molecule has 2 aliphatic heterocycles. The molecular weight excluding hydrogens is 350 g/mol. The molecule has 2 heterocycles. The fourth-order valence-corrected chi connectivity index (χ4v) is 3.48. The van der Waals surface area contributed by atoms with Gasteiger partial charge in [-0.3, -0.25) is 24.5 Å². The zero-order chi connectivity index (χ0) is 19.4. The number of benzene rings is 1. The first kappa shape index (κ1) is 18.9. The molecule has 144 valence electrons. The van der Waals surface area contributed by atoms with Crippen molar-refractivity contribution < 1.29 is 24.3 Å². The number of hydrogen-bond donors (Lipinski definition) is 3. The number of aliphatic carboxylic acids is 1. The number of nitrogens with zero attached hydrogens (tertiary/aromatic N) is 1. The zero-order valence-electron chi connectivity index (χ0n) is 15.0. The summed E-state index contributed by atoms with van der Waals surface area (Å²) < 4.78 is 0. The molecule has 0 spiro atoms. The molecule has 0 aromatic heterocycles. The van der Waals surface area contributed by atoms with E-state index in [9.17, 15) is 19.2 Å². The summed E-state index contributed by atoms with van der Waals surface area (Å²) in [7, 11) is 0. The number of piperidine rings is 1. The Kier molecular flexibility index (Phi) is 5.73. The Labute approximate surface area is 156 Å². The summed E-state index contributed by atoms with van der Waals surface area (Å²) in [5.41, 5.74) is 2.28. The molecule has 1 unspecified atom stereocenters. The minimum atomic E-state index is -0.777. The van der Waals surface area contributed by atoms with Gasteiger partial charge in [-0.05, 0) is 37.0 Å². The van der Waals surface area contributed by atoms with Gasteiger partial charge in [-0.2, -0.15) is 0 Å². The molecule has 27 heavy (non-hydrogen) atoms. The first-order valence-corrected chi connectivity index (χ1v) is 9.19. The lowest BCUT2D eigenvalue weighted by atomic mass is 10.0. The summed E-state index contributed by atoms with van der Waals surface area (Å²) in [6, 6.07) is 4.97. The van der Waals surface area contributed by atoms with E-state index in [0.717, 1.165) is 24.1 Å². The van der Waals surface area contributed by atoms with Crippen LogP contribution in [0.5, 0.6) is 0 Å². The first-order valence-electron chi connectivity index (χ1n) is 9.19. The Hall–Kier alpha value is -2.90. The van der Waals surface area contributed by atoms with Crippen LogP contribution in [0.1, 0.15) is 54.4 Å². The van der Waals surface area contributed by atoms with Gasteiger partial charge in [-0.15, -0.1) is 0 Å². The molecule has 8 nitrogen and oxygen atoms in total. The number of hydrogen-bond acceptors (Lipinski definition) is 5. The van der Waals surface area contributed by atoms with Crippen LogP contribution in [0.15, 0.2) is 18.2 Å². The third-order valence-corrected chi connectivity index (χ3v) is 4.92. The number of imide groups is 1. The number of unbranched alkanes of at least 4 members (excludes halogenated alkanes) is 2. The summed E-state index contributed by atoms with van der Waals surface area (Å²) in [5, 5.41) is 14.2. The van der Waals surface area contributed by atoms with Gasteiger partial charge in [0.1, 0.15) is 6.04 Å². The van der Waals surface area contributed by atoms with Gasteiger partial charge in [0.25, 0.3) is 5.91 Å². The normalized spacial score (nSPS) is 19.0. The molecule has 3 N–H and O–H groups in total. The summed E-state index contributed by atoms with van der Waals surface area (Å²) >= 11 is 0. The molecular formula is C19H23N3O5. The highest BCUT2D eigenvalue weighted by atomic mass is 16.4. The standard InChI is InChI=1S/C19H23N3O5/c23-16-8-7-15(18(26)21-16)22-11-12-5-6-13(10-14(12)19(22)27)20-9-3-1-2-4-17(24)25/h5-6,10,15,20H,1-4,7-9,11H2,(H,24,25)(H,21,23,26). The van der Waals surface area contributed by atoms with Crippen molar-refractivity contribution in [1.82, 2.24) is 10.2 Å². The number of anilines is 1. The maximum Gasteiger partial charge on any atom is 0.303 e. The van der Waals surface area contributed by atoms with Crippen LogP contribution >= 0.6 is 0 Å². The summed E-state index contributed by atoms with van der Waals surface area (Å²) in [6.07, 6.45) is 3.11. The van der Waals surface area contributed by atoms with Crippen molar-refractivity contribution in [1.29, 1.82) is 0 Å². The van der Waals surface area contributed by atoms with E-state index in [1.54, 1.807) is 6.07 Å². The van der Waals surface area contributed by atoms with E-state index in [0.29, 0.717) is 31.5 Å². The molecule has 0 bridgehead atoms. The maximum absolute atomic E-state index is 12.7. The maximum atomic E-state index is 12.7. The summed E-state index contributed by atoms with van der Waals surface area (Å²) in [6.45, 7) is 1.07. The molecule has 3 amide bonds. The topological polar surface area (TPSA) is 116 Å². The Morgan fingerprint density at radius 3 is 2.78 bits per heavy atom. The van der Waals surface area contributed by atoms with Crippen molar-refractivity contribution >= 4 is 29.4 Å². The highest BCUT2D eigenvalue weighted by Crippen LogP contribution is 2.29. The van der Waals surface area contributed by atoms with E-state index >= 15 is 0 Å². The molecule has 1 saturated heterocycles. The lowest BCUT2D eigenvalue weighted by molar-refractivity contribution is -0.138. The molecule has 8 heteroatoms. The van der Waals surface area contributed by atoms with E-state index in [1.807, 2.05) is 12.1 Å². The van der Waals surface area contributed by atoms with Crippen LogP contribution in [0, 0.1) is 0 Å². The molecule has 1 atom stereocenters. The molecule has 0 aliphatic carbocycles. The van der Waals surface area contributed by atoms with Gasteiger partial charge in [0.05, 0.1) is 0 Å². The number of carbonyl (C=O) groups excluding carboxylic acids is 3. The molecule has 3 rings (SSSR count). The van der Waals surface area contributed by atoms with Crippen molar-refractivity contribution in [2.45, 2.75) is 51.1 Å². The molecule has 0 radical (unpaired) electrons. The summed E-state index contributed by atoms with van der Waals surface area (Å²) in [4.78, 5) is 48.1. The monoisotopic (exact) mass is 373 g/mol. The Bertz CT molecular complexity index is 777. The van der Waals surface area contributed by atoms with E-state index in [1.165, 1.54) is 4.90 Å². The second kappa shape index (κ2) is 8.20. The smallest absolute Gasteiger partial charge is 0.303 e. The van der Waals surface area contributed by atoms with Gasteiger partial charge in [-0.25, -0.2) is 0 Å². The Balaban J connectivity index is 1.55. The van der Waals surface area contributed by atoms with Crippen molar-refractivity contribution in [2.75, 3.05) is 11.9 Å². The van der Waals surface area contributed by atoms with Gasteiger partial charge >= 0.3 is 5.97 Å². The van der Waals surface area contributed by atoms with Gasteiger partial charge in [0.2, 0.25) is 11.8 Å². The van der Waals surface area contributed by atoms with Crippen molar-refractivity contribution in [3.63, 3.8) is 0 Å². The lowest BCUT2D eigenvalue weighted by Crippen LogP contribution is -2.52. The second-order valence-electron chi connectivity index (χ2n) is 6.90.